The van der Waals surface area contributed by atoms with E-state index >= 15 is 0 Å². The highest BCUT2D eigenvalue weighted by Gasteiger charge is 2.10. The number of aromatic nitrogens is 3. The number of hydrogen-bond acceptors (Lipinski definition) is 2. The van der Waals surface area contributed by atoms with Crippen molar-refractivity contribution in [2.75, 3.05) is 0 Å². The topological polar surface area (TPSA) is 30.7 Å². The Morgan fingerprint density at radius 2 is 1.87 bits per heavy atom. The van der Waals surface area contributed by atoms with Gasteiger partial charge >= 0.3 is 0 Å². The van der Waals surface area contributed by atoms with Gasteiger partial charge in [-0.05, 0) is 60.9 Å². The molecule has 2 aromatic carbocycles. The molecule has 0 aliphatic heterocycles. The molecule has 0 bridgehead atoms. The molecule has 0 saturated carbocycles. The lowest BCUT2D eigenvalue weighted by Crippen LogP contribution is -2.01. The van der Waals surface area contributed by atoms with Gasteiger partial charge in [-0.1, -0.05) is 6.07 Å². The van der Waals surface area contributed by atoms with Crippen molar-refractivity contribution in [2.45, 2.75) is 20.4 Å². The molecular weight excluding hydrogens is 289 g/mol. The molecule has 4 aromatic rings. The van der Waals surface area contributed by atoms with E-state index in [9.17, 15) is 4.39 Å². The number of fused-ring (bicyclic) bond motifs is 2. The minimum atomic E-state index is -0.237. The summed E-state index contributed by atoms with van der Waals surface area (Å²) in [5, 5.41) is 0.557. The Hall–Kier alpha value is -2.75. The van der Waals surface area contributed by atoms with Crippen molar-refractivity contribution in [1.29, 1.82) is 0 Å². The molecule has 3 nitrogen and oxygen atoms in total. The lowest BCUT2D eigenvalue weighted by atomic mass is 10.1. The quantitative estimate of drug-likeness (QED) is 0.550. The highest BCUT2D eigenvalue weighted by molar-refractivity contribution is 5.83. The molecule has 114 valence electrons. The molecule has 0 aliphatic rings. The molecule has 0 unspecified atom stereocenters. The van der Waals surface area contributed by atoms with Gasteiger partial charge in [0, 0.05) is 11.6 Å². The van der Waals surface area contributed by atoms with Crippen molar-refractivity contribution in [3.8, 4) is 0 Å². The third-order valence-electron chi connectivity index (χ3n) is 4.38. The second kappa shape index (κ2) is 5.16. The van der Waals surface area contributed by atoms with E-state index in [2.05, 4.69) is 40.5 Å². The van der Waals surface area contributed by atoms with Gasteiger partial charge < -0.3 is 4.57 Å². The summed E-state index contributed by atoms with van der Waals surface area (Å²) in [6.45, 7) is 4.80. The summed E-state index contributed by atoms with van der Waals surface area (Å²) in [4.78, 5) is 8.84. The fourth-order valence-electron chi connectivity index (χ4n) is 2.95. The van der Waals surface area contributed by atoms with Crippen LogP contribution in [-0.4, -0.2) is 14.5 Å². The summed E-state index contributed by atoms with van der Waals surface area (Å²) in [5.74, 6) is -0.237. The van der Waals surface area contributed by atoms with Gasteiger partial charge in [0.2, 0.25) is 0 Å². The smallest absolute Gasteiger partial charge is 0.132 e. The molecule has 0 atom stereocenters. The Balaban J connectivity index is 1.86. The monoisotopic (exact) mass is 305 g/mol. The summed E-state index contributed by atoms with van der Waals surface area (Å²) in [6, 6.07) is 11.1. The van der Waals surface area contributed by atoms with Crippen molar-refractivity contribution in [2.24, 2.45) is 0 Å². The van der Waals surface area contributed by atoms with E-state index in [0.29, 0.717) is 17.4 Å². The third kappa shape index (κ3) is 2.27. The normalized spacial score (nSPS) is 11.4. The van der Waals surface area contributed by atoms with E-state index in [1.165, 1.54) is 17.2 Å². The Morgan fingerprint density at radius 1 is 1.04 bits per heavy atom. The highest BCUT2D eigenvalue weighted by Crippen LogP contribution is 2.23. The lowest BCUT2D eigenvalue weighted by molar-refractivity contribution is 0.638. The third-order valence-corrected chi connectivity index (χ3v) is 4.38. The molecule has 0 amide bonds. The van der Waals surface area contributed by atoms with Crippen molar-refractivity contribution in [3.63, 3.8) is 0 Å². The van der Waals surface area contributed by atoms with Crippen molar-refractivity contribution >= 4 is 21.9 Å². The number of aryl methyl sites for hydroxylation is 2. The second-order valence-corrected chi connectivity index (χ2v) is 5.90. The maximum absolute atomic E-state index is 13.9. The van der Waals surface area contributed by atoms with E-state index in [0.717, 1.165) is 16.6 Å². The van der Waals surface area contributed by atoms with Crippen LogP contribution in [0.5, 0.6) is 0 Å². The SMILES string of the molecule is Cc1cc2ncn(Cc3ccc(F)c4cccnc34)c2cc1C. The molecule has 0 fully saturated rings. The molecule has 23 heavy (non-hydrogen) atoms. The Labute approximate surface area is 133 Å². The summed E-state index contributed by atoms with van der Waals surface area (Å²) in [7, 11) is 0. The first-order valence-corrected chi connectivity index (χ1v) is 7.57. The Morgan fingerprint density at radius 3 is 2.74 bits per heavy atom. The van der Waals surface area contributed by atoms with Crippen LogP contribution in [0, 0.1) is 19.7 Å². The minimum Gasteiger partial charge on any atom is -0.326 e. The standard InChI is InChI=1S/C19H16FN3/c1-12-8-17-18(9-13(12)2)23(11-22-17)10-14-5-6-16(20)15-4-3-7-21-19(14)15/h3-9,11H,10H2,1-2H3. The van der Waals surface area contributed by atoms with Crippen LogP contribution in [0.1, 0.15) is 16.7 Å². The zero-order valence-corrected chi connectivity index (χ0v) is 13.0. The average Bonchev–Trinajstić information content (AvgIpc) is 2.93. The fourth-order valence-corrected chi connectivity index (χ4v) is 2.95. The number of halogens is 1. The van der Waals surface area contributed by atoms with E-state index in [4.69, 9.17) is 0 Å². The van der Waals surface area contributed by atoms with Gasteiger partial charge in [0.05, 0.1) is 29.4 Å². The lowest BCUT2D eigenvalue weighted by Gasteiger charge is -2.09. The van der Waals surface area contributed by atoms with Crippen LogP contribution in [0.3, 0.4) is 0 Å². The van der Waals surface area contributed by atoms with Crippen LogP contribution >= 0.6 is 0 Å². The number of rotatable bonds is 2. The molecule has 4 rings (SSSR count). The minimum absolute atomic E-state index is 0.237. The zero-order valence-electron chi connectivity index (χ0n) is 13.0. The molecule has 2 heterocycles. The molecule has 2 aromatic heterocycles. The highest BCUT2D eigenvalue weighted by atomic mass is 19.1. The molecule has 0 aliphatic carbocycles. The number of benzene rings is 2. The van der Waals surface area contributed by atoms with E-state index < -0.39 is 0 Å². The zero-order chi connectivity index (χ0) is 16.0. The van der Waals surface area contributed by atoms with Crippen molar-refractivity contribution in [3.05, 3.63) is 71.4 Å². The first kappa shape index (κ1) is 13.9. The summed E-state index contributed by atoms with van der Waals surface area (Å²) in [6.07, 6.45) is 3.53. The van der Waals surface area contributed by atoms with Crippen LogP contribution in [0.4, 0.5) is 4.39 Å². The van der Waals surface area contributed by atoms with Crippen molar-refractivity contribution < 1.29 is 4.39 Å². The van der Waals surface area contributed by atoms with E-state index in [1.807, 2.05) is 6.33 Å². The number of pyridine rings is 1. The van der Waals surface area contributed by atoms with Gasteiger partial charge in [0.25, 0.3) is 0 Å². The van der Waals surface area contributed by atoms with Crippen LogP contribution < -0.4 is 0 Å². The number of nitrogens with zero attached hydrogens (tertiary/aromatic N) is 3. The number of imidazole rings is 1. The molecule has 0 N–H and O–H groups in total. The Kier molecular flexibility index (Phi) is 3.11. The van der Waals surface area contributed by atoms with Gasteiger partial charge in [-0.2, -0.15) is 0 Å². The van der Waals surface area contributed by atoms with Crippen LogP contribution in [0.25, 0.3) is 21.9 Å². The summed E-state index contributed by atoms with van der Waals surface area (Å²) < 4.78 is 16.0. The fraction of sp³-hybridized carbons (Fsp3) is 0.158. The molecule has 0 saturated heterocycles. The van der Waals surface area contributed by atoms with E-state index in [-0.39, 0.29) is 5.82 Å². The largest absolute Gasteiger partial charge is 0.326 e. The second-order valence-electron chi connectivity index (χ2n) is 5.90. The first-order valence-electron chi connectivity index (χ1n) is 7.57. The van der Waals surface area contributed by atoms with Gasteiger partial charge in [0.1, 0.15) is 5.82 Å². The maximum Gasteiger partial charge on any atom is 0.132 e. The van der Waals surface area contributed by atoms with Gasteiger partial charge in [-0.3, -0.25) is 4.98 Å². The molecular formula is C19H16FN3. The van der Waals surface area contributed by atoms with Crippen molar-refractivity contribution in [1.82, 2.24) is 14.5 Å². The van der Waals surface area contributed by atoms with Crippen LogP contribution in [0.15, 0.2) is 48.9 Å². The molecule has 0 spiro atoms. The molecule has 4 heteroatoms. The molecule has 0 radical (unpaired) electrons. The maximum atomic E-state index is 13.9. The van der Waals surface area contributed by atoms with Crippen LogP contribution in [-0.2, 0) is 6.54 Å². The predicted octanol–water partition coefficient (Wildman–Crippen LogP) is 4.39. The van der Waals surface area contributed by atoms with Gasteiger partial charge in [0.15, 0.2) is 0 Å². The van der Waals surface area contributed by atoms with Crippen LogP contribution in [0.2, 0.25) is 0 Å². The summed E-state index contributed by atoms with van der Waals surface area (Å²) in [5.41, 5.74) is 6.23. The van der Waals surface area contributed by atoms with E-state index in [1.54, 1.807) is 24.4 Å². The summed E-state index contributed by atoms with van der Waals surface area (Å²) >= 11 is 0. The average molecular weight is 305 g/mol. The number of hydrogen-bond donors (Lipinski definition) is 0. The predicted molar refractivity (Wildman–Crippen MR) is 90.0 cm³/mol. The van der Waals surface area contributed by atoms with Gasteiger partial charge in [-0.15, -0.1) is 0 Å². The Bertz CT molecular complexity index is 1030. The van der Waals surface area contributed by atoms with Gasteiger partial charge in [-0.25, -0.2) is 9.37 Å². The first-order chi connectivity index (χ1) is 11.1.